The summed E-state index contributed by atoms with van der Waals surface area (Å²) in [4.78, 5) is 12.2. The van der Waals surface area contributed by atoms with Crippen LogP contribution in [0, 0.1) is 6.92 Å². The zero-order valence-electron chi connectivity index (χ0n) is 11.7. The predicted octanol–water partition coefficient (Wildman–Crippen LogP) is 4.22. The molecule has 2 aromatic carbocycles. The first-order valence-electron chi connectivity index (χ1n) is 6.62. The Kier molecular flexibility index (Phi) is 4.80. The minimum atomic E-state index is -0.0702. The maximum absolute atomic E-state index is 12.2. The zero-order valence-corrected chi connectivity index (χ0v) is 12.4. The number of benzene rings is 2. The van der Waals surface area contributed by atoms with Crippen LogP contribution in [0.5, 0.6) is 0 Å². The molecule has 0 spiro atoms. The second-order valence-corrected chi connectivity index (χ2v) is 5.20. The van der Waals surface area contributed by atoms with Crippen molar-refractivity contribution in [2.45, 2.75) is 25.8 Å². The first-order chi connectivity index (χ1) is 9.60. The average Bonchev–Trinajstić information content (AvgIpc) is 2.48. The van der Waals surface area contributed by atoms with Crippen LogP contribution in [0.15, 0.2) is 48.5 Å². The molecule has 1 amide bonds. The number of carbonyl (C=O) groups excluding carboxylic acids is 1. The Morgan fingerprint density at radius 3 is 2.25 bits per heavy atom. The topological polar surface area (TPSA) is 29.1 Å². The van der Waals surface area contributed by atoms with E-state index in [9.17, 15) is 4.79 Å². The van der Waals surface area contributed by atoms with E-state index in [4.69, 9.17) is 11.6 Å². The molecule has 2 nitrogen and oxygen atoms in total. The highest BCUT2D eigenvalue weighted by molar-refractivity contribution is 6.17. The minimum Gasteiger partial charge on any atom is -0.346 e. The molecule has 0 radical (unpaired) electrons. The van der Waals surface area contributed by atoms with Crippen LogP contribution in [0.3, 0.4) is 0 Å². The standard InChI is InChI=1S/C17H18ClNO/c1-12-3-7-15(8-4-12)13(2)19-17(20)16-9-5-14(11-18)6-10-16/h3-10,13H,11H2,1-2H3,(H,19,20). The molecule has 20 heavy (non-hydrogen) atoms. The lowest BCUT2D eigenvalue weighted by molar-refractivity contribution is 0.0940. The maximum Gasteiger partial charge on any atom is 0.251 e. The molecule has 0 heterocycles. The molecule has 0 fully saturated rings. The van der Waals surface area contributed by atoms with Gasteiger partial charge in [-0.3, -0.25) is 4.79 Å². The van der Waals surface area contributed by atoms with Gasteiger partial charge in [-0.2, -0.15) is 0 Å². The number of carbonyl (C=O) groups is 1. The fourth-order valence-electron chi connectivity index (χ4n) is 1.96. The van der Waals surface area contributed by atoms with Crippen molar-refractivity contribution in [2.24, 2.45) is 0 Å². The van der Waals surface area contributed by atoms with Crippen LogP contribution in [-0.2, 0) is 5.88 Å². The Balaban J connectivity index is 2.04. The summed E-state index contributed by atoms with van der Waals surface area (Å²) >= 11 is 5.74. The van der Waals surface area contributed by atoms with Gasteiger partial charge in [-0.15, -0.1) is 11.6 Å². The van der Waals surface area contributed by atoms with Gasteiger partial charge in [-0.05, 0) is 37.1 Å². The van der Waals surface area contributed by atoms with Crippen LogP contribution in [0.1, 0.15) is 40.0 Å². The van der Waals surface area contributed by atoms with Gasteiger partial charge in [0.15, 0.2) is 0 Å². The molecule has 2 aromatic rings. The van der Waals surface area contributed by atoms with Crippen molar-refractivity contribution in [1.82, 2.24) is 5.32 Å². The highest BCUT2D eigenvalue weighted by Gasteiger charge is 2.11. The number of rotatable bonds is 4. The number of amides is 1. The molecule has 0 bridgehead atoms. The lowest BCUT2D eigenvalue weighted by Crippen LogP contribution is -2.26. The van der Waals surface area contributed by atoms with Gasteiger partial charge in [0.25, 0.3) is 5.91 Å². The van der Waals surface area contributed by atoms with Crippen molar-refractivity contribution < 1.29 is 4.79 Å². The van der Waals surface area contributed by atoms with Gasteiger partial charge in [0.1, 0.15) is 0 Å². The van der Waals surface area contributed by atoms with Crippen molar-refractivity contribution in [1.29, 1.82) is 0 Å². The number of hydrogen-bond acceptors (Lipinski definition) is 1. The predicted molar refractivity (Wildman–Crippen MR) is 83.1 cm³/mol. The van der Waals surface area contributed by atoms with Crippen LogP contribution < -0.4 is 5.32 Å². The molecular weight excluding hydrogens is 270 g/mol. The highest BCUT2D eigenvalue weighted by atomic mass is 35.5. The molecule has 0 aliphatic carbocycles. The zero-order chi connectivity index (χ0) is 14.5. The summed E-state index contributed by atoms with van der Waals surface area (Å²) in [6.45, 7) is 4.03. The molecule has 0 saturated carbocycles. The Hall–Kier alpha value is -1.80. The molecule has 0 aliphatic rings. The van der Waals surface area contributed by atoms with Crippen molar-refractivity contribution in [2.75, 3.05) is 0 Å². The fourth-order valence-corrected chi connectivity index (χ4v) is 2.14. The number of nitrogens with one attached hydrogen (secondary N) is 1. The van der Waals surface area contributed by atoms with E-state index in [0.717, 1.165) is 11.1 Å². The summed E-state index contributed by atoms with van der Waals surface area (Å²) in [5.74, 6) is 0.390. The highest BCUT2D eigenvalue weighted by Crippen LogP contribution is 2.14. The van der Waals surface area contributed by atoms with E-state index in [1.165, 1.54) is 5.56 Å². The van der Waals surface area contributed by atoms with Crippen molar-refractivity contribution in [3.8, 4) is 0 Å². The normalized spacial score (nSPS) is 11.9. The lowest BCUT2D eigenvalue weighted by Gasteiger charge is -2.14. The number of hydrogen-bond donors (Lipinski definition) is 1. The first kappa shape index (κ1) is 14.6. The Morgan fingerprint density at radius 2 is 1.70 bits per heavy atom. The van der Waals surface area contributed by atoms with E-state index in [2.05, 4.69) is 5.32 Å². The molecule has 1 N–H and O–H groups in total. The van der Waals surface area contributed by atoms with E-state index < -0.39 is 0 Å². The lowest BCUT2D eigenvalue weighted by atomic mass is 10.1. The molecule has 1 atom stereocenters. The number of aryl methyl sites for hydroxylation is 1. The van der Waals surface area contributed by atoms with Gasteiger partial charge in [-0.1, -0.05) is 42.0 Å². The summed E-state index contributed by atoms with van der Waals surface area (Å²) in [6, 6.07) is 15.5. The molecule has 0 aromatic heterocycles. The molecule has 0 aliphatic heterocycles. The Morgan fingerprint density at radius 1 is 1.10 bits per heavy atom. The minimum absolute atomic E-state index is 0.0178. The van der Waals surface area contributed by atoms with Crippen molar-refractivity contribution in [3.05, 3.63) is 70.8 Å². The molecule has 3 heteroatoms. The van der Waals surface area contributed by atoms with E-state index in [1.54, 1.807) is 12.1 Å². The summed E-state index contributed by atoms with van der Waals surface area (Å²) in [5.41, 5.74) is 3.97. The molecular formula is C17H18ClNO. The van der Waals surface area contributed by atoms with Gasteiger partial charge in [-0.25, -0.2) is 0 Å². The largest absolute Gasteiger partial charge is 0.346 e. The Labute approximate surface area is 124 Å². The van der Waals surface area contributed by atoms with E-state index in [0.29, 0.717) is 11.4 Å². The second kappa shape index (κ2) is 6.58. The molecule has 2 rings (SSSR count). The summed E-state index contributed by atoms with van der Waals surface area (Å²) in [7, 11) is 0. The van der Waals surface area contributed by atoms with E-state index >= 15 is 0 Å². The monoisotopic (exact) mass is 287 g/mol. The molecule has 104 valence electrons. The average molecular weight is 288 g/mol. The number of alkyl halides is 1. The van der Waals surface area contributed by atoms with E-state index in [-0.39, 0.29) is 11.9 Å². The quantitative estimate of drug-likeness (QED) is 0.838. The van der Waals surface area contributed by atoms with Gasteiger partial charge >= 0.3 is 0 Å². The molecule has 1 unspecified atom stereocenters. The van der Waals surface area contributed by atoms with Crippen LogP contribution in [0.2, 0.25) is 0 Å². The van der Waals surface area contributed by atoms with Crippen molar-refractivity contribution >= 4 is 17.5 Å². The third-order valence-corrected chi connectivity index (χ3v) is 3.60. The fraction of sp³-hybridized carbons (Fsp3) is 0.235. The van der Waals surface area contributed by atoms with Gasteiger partial charge in [0.05, 0.1) is 6.04 Å². The molecule has 0 saturated heterocycles. The SMILES string of the molecule is Cc1ccc(C(C)NC(=O)c2ccc(CCl)cc2)cc1. The van der Waals surface area contributed by atoms with Crippen LogP contribution in [0.25, 0.3) is 0 Å². The van der Waals surface area contributed by atoms with Gasteiger partial charge in [0, 0.05) is 11.4 Å². The maximum atomic E-state index is 12.2. The summed E-state index contributed by atoms with van der Waals surface area (Å²) in [5, 5.41) is 3.00. The first-order valence-corrected chi connectivity index (χ1v) is 7.16. The third kappa shape index (κ3) is 3.61. The number of halogens is 1. The summed E-state index contributed by atoms with van der Waals surface area (Å²) in [6.07, 6.45) is 0. The van der Waals surface area contributed by atoms with Crippen LogP contribution in [-0.4, -0.2) is 5.91 Å². The van der Waals surface area contributed by atoms with Gasteiger partial charge < -0.3 is 5.32 Å². The van der Waals surface area contributed by atoms with E-state index in [1.807, 2.05) is 50.2 Å². The summed E-state index contributed by atoms with van der Waals surface area (Å²) < 4.78 is 0. The third-order valence-electron chi connectivity index (χ3n) is 3.30. The van der Waals surface area contributed by atoms with Crippen molar-refractivity contribution in [3.63, 3.8) is 0 Å². The Bertz CT molecular complexity index is 575. The van der Waals surface area contributed by atoms with Gasteiger partial charge in [0.2, 0.25) is 0 Å². The van der Waals surface area contributed by atoms with Crippen LogP contribution in [0.4, 0.5) is 0 Å². The second-order valence-electron chi connectivity index (χ2n) is 4.94. The smallest absolute Gasteiger partial charge is 0.251 e. The van der Waals surface area contributed by atoms with Crippen LogP contribution >= 0.6 is 11.6 Å².